The first-order valence-electron chi connectivity index (χ1n) is 5.55. The second-order valence-corrected chi connectivity index (χ2v) is 5.13. The number of hydrogen-bond donors (Lipinski definition) is 1. The summed E-state index contributed by atoms with van der Waals surface area (Å²) in [4.78, 5) is 6.69. The number of ether oxygens (including phenoxy) is 1. The van der Waals surface area contributed by atoms with Crippen molar-refractivity contribution < 1.29 is 4.74 Å². The lowest BCUT2D eigenvalue weighted by molar-refractivity contribution is -0.0248. The van der Waals surface area contributed by atoms with E-state index in [0.29, 0.717) is 6.04 Å². The molecule has 0 saturated carbocycles. The number of nitrogens with one attached hydrogen (secondary N) is 1. The van der Waals surface area contributed by atoms with Crippen LogP contribution in [-0.2, 0) is 4.74 Å². The van der Waals surface area contributed by atoms with Gasteiger partial charge in [-0.15, -0.1) is 0 Å². The van der Waals surface area contributed by atoms with Gasteiger partial charge in [0, 0.05) is 30.7 Å². The third-order valence-corrected chi connectivity index (χ3v) is 3.07. The van der Waals surface area contributed by atoms with Crippen molar-refractivity contribution in [2.75, 3.05) is 32.1 Å². The van der Waals surface area contributed by atoms with Gasteiger partial charge in [-0.1, -0.05) is 0 Å². The molecule has 0 aromatic carbocycles. The lowest BCUT2D eigenvalue weighted by Crippen LogP contribution is -2.35. The molecule has 6 heteroatoms. The number of aromatic nitrogens is 2. The molecule has 0 aliphatic carbocycles. The minimum atomic E-state index is 0.0257. The first kappa shape index (κ1) is 11.8. The van der Waals surface area contributed by atoms with E-state index in [1.54, 1.807) is 0 Å². The lowest BCUT2D eigenvalue weighted by atomic mass is 10.3. The average molecular weight is 242 g/mol. The third-order valence-electron chi connectivity index (χ3n) is 2.41. The van der Waals surface area contributed by atoms with E-state index in [0.717, 1.165) is 30.7 Å². The van der Waals surface area contributed by atoms with Gasteiger partial charge in [-0.25, -0.2) is 4.98 Å². The van der Waals surface area contributed by atoms with Crippen molar-refractivity contribution in [2.24, 2.45) is 0 Å². The molecule has 1 atom stereocenters. The van der Waals surface area contributed by atoms with Gasteiger partial charge in [-0.2, -0.15) is 4.37 Å². The van der Waals surface area contributed by atoms with Crippen molar-refractivity contribution in [2.45, 2.75) is 26.0 Å². The van der Waals surface area contributed by atoms with Crippen LogP contribution in [0.4, 0.5) is 5.13 Å². The van der Waals surface area contributed by atoms with Crippen LogP contribution in [0.25, 0.3) is 0 Å². The first-order valence-corrected chi connectivity index (χ1v) is 6.33. The monoisotopic (exact) mass is 242 g/mol. The van der Waals surface area contributed by atoms with E-state index in [1.807, 2.05) is 0 Å². The SMILES string of the molecule is CC(C)Nc1nc(C2CN(C)CCO2)ns1. The van der Waals surface area contributed by atoms with E-state index in [4.69, 9.17) is 4.74 Å². The number of likely N-dealkylation sites (N-methyl/N-ethyl adjacent to an activating group) is 1. The van der Waals surface area contributed by atoms with Gasteiger partial charge in [-0.05, 0) is 20.9 Å². The fraction of sp³-hybridized carbons (Fsp3) is 0.800. The summed E-state index contributed by atoms with van der Waals surface area (Å²) < 4.78 is 10.0. The Morgan fingerprint density at radius 2 is 2.38 bits per heavy atom. The third kappa shape index (κ3) is 2.90. The highest BCUT2D eigenvalue weighted by molar-refractivity contribution is 7.09. The van der Waals surface area contributed by atoms with Gasteiger partial charge < -0.3 is 15.0 Å². The molecule has 1 saturated heterocycles. The summed E-state index contributed by atoms with van der Waals surface area (Å²) in [5, 5.41) is 4.13. The predicted octanol–water partition coefficient (Wildman–Crippen LogP) is 1.36. The standard InChI is InChI=1S/C10H18N4OS/c1-7(2)11-10-12-9(13-16-10)8-6-14(3)4-5-15-8/h7-8H,4-6H2,1-3H3,(H,11,12,13). The van der Waals surface area contributed by atoms with Crippen molar-refractivity contribution in [1.82, 2.24) is 14.3 Å². The Bertz CT molecular complexity index is 341. The molecule has 0 radical (unpaired) electrons. The Morgan fingerprint density at radius 3 is 3.06 bits per heavy atom. The largest absolute Gasteiger partial charge is 0.367 e. The quantitative estimate of drug-likeness (QED) is 0.867. The zero-order valence-corrected chi connectivity index (χ0v) is 10.8. The molecule has 1 N–H and O–H groups in total. The van der Waals surface area contributed by atoms with E-state index in [2.05, 4.69) is 40.5 Å². The number of morpholine rings is 1. The van der Waals surface area contributed by atoms with Crippen molar-refractivity contribution in [3.63, 3.8) is 0 Å². The van der Waals surface area contributed by atoms with Crippen molar-refractivity contribution in [3.05, 3.63) is 5.82 Å². The summed E-state index contributed by atoms with van der Waals surface area (Å²) in [6.45, 7) is 6.79. The molecule has 1 aliphatic rings. The molecule has 2 heterocycles. The highest BCUT2D eigenvalue weighted by atomic mass is 32.1. The fourth-order valence-electron chi connectivity index (χ4n) is 1.61. The predicted molar refractivity (Wildman–Crippen MR) is 64.9 cm³/mol. The van der Waals surface area contributed by atoms with Crippen LogP contribution in [0.1, 0.15) is 25.8 Å². The van der Waals surface area contributed by atoms with Gasteiger partial charge in [0.1, 0.15) is 6.10 Å². The van der Waals surface area contributed by atoms with E-state index < -0.39 is 0 Å². The number of hydrogen-bond acceptors (Lipinski definition) is 6. The molecular formula is C10H18N4OS. The van der Waals surface area contributed by atoms with Gasteiger partial charge in [-0.3, -0.25) is 0 Å². The number of nitrogens with zero attached hydrogens (tertiary/aromatic N) is 3. The Morgan fingerprint density at radius 1 is 1.56 bits per heavy atom. The van der Waals surface area contributed by atoms with Crippen LogP contribution in [0.5, 0.6) is 0 Å². The van der Waals surface area contributed by atoms with Crippen molar-refractivity contribution >= 4 is 16.7 Å². The van der Waals surface area contributed by atoms with Crippen LogP contribution in [0.2, 0.25) is 0 Å². The molecule has 90 valence electrons. The Kier molecular flexibility index (Phi) is 3.73. The molecule has 0 spiro atoms. The maximum Gasteiger partial charge on any atom is 0.202 e. The molecule has 0 bridgehead atoms. The van der Waals surface area contributed by atoms with Crippen LogP contribution in [0.3, 0.4) is 0 Å². The van der Waals surface area contributed by atoms with Gasteiger partial charge in [0.15, 0.2) is 5.82 Å². The Hall–Kier alpha value is -0.720. The Balaban J connectivity index is 2.00. The second-order valence-electron chi connectivity index (χ2n) is 4.38. The van der Waals surface area contributed by atoms with E-state index in [1.165, 1.54) is 11.5 Å². The van der Waals surface area contributed by atoms with Crippen LogP contribution in [0, 0.1) is 0 Å². The summed E-state index contributed by atoms with van der Waals surface area (Å²) in [5.41, 5.74) is 0. The van der Waals surface area contributed by atoms with Crippen LogP contribution in [-0.4, -0.2) is 47.0 Å². The van der Waals surface area contributed by atoms with E-state index in [9.17, 15) is 0 Å². The summed E-state index contributed by atoms with van der Waals surface area (Å²) in [5.74, 6) is 0.805. The normalized spacial score (nSPS) is 22.6. The lowest BCUT2D eigenvalue weighted by Gasteiger charge is -2.28. The maximum absolute atomic E-state index is 5.66. The molecular weight excluding hydrogens is 224 g/mol. The minimum absolute atomic E-state index is 0.0257. The molecule has 16 heavy (non-hydrogen) atoms. The van der Waals surface area contributed by atoms with Crippen molar-refractivity contribution in [1.29, 1.82) is 0 Å². The van der Waals surface area contributed by atoms with Crippen molar-refractivity contribution in [3.8, 4) is 0 Å². The van der Waals surface area contributed by atoms with Crippen LogP contribution >= 0.6 is 11.5 Å². The van der Waals surface area contributed by atoms with Gasteiger partial charge in [0.2, 0.25) is 5.13 Å². The molecule has 2 rings (SSSR count). The summed E-state index contributed by atoms with van der Waals surface area (Å²) in [6, 6.07) is 0.385. The highest BCUT2D eigenvalue weighted by Crippen LogP contribution is 2.22. The second kappa shape index (κ2) is 5.07. The Labute approximate surface area is 100.0 Å². The highest BCUT2D eigenvalue weighted by Gasteiger charge is 2.23. The molecule has 1 aromatic heterocycles. The van der Waals surface area contributed by atoms with Gasteiger partial charge in [0.05, 0.1) is 6.61 Å². The topological polar surface area (TPSA) is 50.3 Å². The minimum Gasteiger partial charge on any atom is -0.367 e. The smallest absolute Gasteiger partial charge is 0.202 e. The fourth-order valence-corrected chi connectivity index (χ4v) is 2.37. The molecule has 5 nitrogen and oxygen atoms in total. The molecule has 1 aliphatic heterocycles. The maximum atomic E-state index is 5.66. The zero-order valence-electron chi connectivity index (χ0n) is 9.93. The average Bonchev–Trinajstić information content (AvgIpc) is 2.65. The molecule has 1 fully saturated rings. The molecule has 0 amide bonds. The molecule has 1 unspecified atom stereocenters. The molecule has 1 aromatic rings. The van der Waals surface area contributed by atoms with E-state index >= 15 is 0 Å². The van der Waals surface area contributed by atoms with Crippen LogP contribution < -0.4 is 5.32 Å². The zero-order chi connectivity index (χ0) is 11.5. The number of rotatable bonds is 3. The summed E-state index contributed by atoms with van der Waals surface area (Å²) >= 11 is 1.40. The first-order chi connectivity index (χ1) is 7.65. The van der Waals surface area contributed by atoms with Gasteiger partial charge in [0.25, 0.3) is 0 Å². The summed E-state index contributed by atoms with van der Waals surface area (Å²) in [7, 11) is 2.09. The van der Waals surface area contributed by atoms with E-state index in [-0.39, 0.29) is 6.10 Å². The summed E-state index contributed by atoms with van der Waals surface area (Å²) in [6.07, 6.45) is 0.0257. The van der Waals surface area contributed by atoms with Crippen LogP contribution in [0.15, 0.2) is 0 Å². The van der Waals surface area contributed by atoms with Gasteiger partial charge >= 0.3 is 0 Å². The number of anilines is 1.